The molecule has 3 atom stereocenters. The molecule has 1 saturated carbocycles. The summed E-state index contributed by atoms with van der Waals surface area (Å²) in [6, 6.07) is 3.91. The van der Waals surface area contributed by atoms with Crippen molar-refractivity contribution < 1.29 is 9.59 Å². The lowest BCUT2D eigenvalue weighted by atomic mass is 9.78. The summed E-state index contributed by atoms with van der Waals surface area (Å²) >= 11 is 1.41. The minimum absolute atomic E-state index is 0.0347. The minimum atomic E-state index is -0.0996. The van der Waals surface area contributed by atoms with Gasteiger partial charge >= 0.3 is 0 Å². The number of rotatable bonds is 5. The summed E-state index contributed by atoms with van der Waals surface area (Å²) in [6.07, 6.45) is 3.85. The van der Waals surface area contributed by atoms with Crippen molar-refractivity contribution in [2.45, 2.75) is 45.6 Å². The van der Waals surface area contributed by atoms with Crippen LogP contribution in [0.3, 0.4) is 0 Å². The van der Waals surface area contributed by atoms with Crippen molar-refractivity contribution in [3.05, 3.63) is 22.4 Å². The van der Waals surface area contributed by atoms with Gasteiger partial charge in [0, 0.05) is 19.0 Å². The Labute approximate surface area is 130 Å². The molecule has 0 aliphatic heterocycles. The standard InChI is InChI=1S/C16H24N2O2S/c1-11-5-3-6-13(12(11)2)18-15(19)8-9-17-16(20)14-7-4-10-21-14/h4,7,10-13H,3,5-6,8-9H2,1-2H3,(H,17,20)(H,18,19)/t11-,12+,13-/m1/s1. The van der Waals surface area contributed by atoms with Gasteiger partial charge in [0.1, 0.15) is 0 Å². The van der Waals surface area contributed by atoms with Gasteiger partial charge in [0.15, 0.2) is 0 Å². The number of nitrogens with one attached hydrogen (secondary N) is 2. The molecule has 0 unspecified atom stereocenters. The molecular weight excluding hydrogens is 284 g/mol. The normalized spacial score (nSPS) is 25.3. The average Bonchev–Trinajstić information content (AvgIpc) is 2.98. The van der Waals surface area contributed by atoms with E-state index in [9.17, 15) is 9.59 Å². The van der Waals surface area contributed by atoms with Crippen molar-refractivity contribution >= 4 is 23.2 Å². The summed E-state index contributed by atoms with van der Waals surface area (Å²) in [7, 11) is 0. The summed E-state index contributed by atoms with van der Waals surface area (Å²) in [5.41, 5.74) is 0. The number of hydrogen-bond donors (Lipinski definition) is 2. The summed E-state index contributed by atoms with van der Waals surface area (Å²) in [5.74, 6) is 1.14. The number of carbonyl (C=O) groups is 2. The highest BCUT2D eigenvalue weighted by molar-refractivity contribution is 7.12. The Morgan fingerprint density at radius 1 is 1.33 bits per heavy atom. The SMILES string of the molecule is C[C@H]1[C@H](C)CCC[C@H]1NC(=O)CCNC(=O)c1cccs1. The quantitative estimate of drug-likeness (QED) is 0.879. The fourth-order valence-corrected chi connectivity index (χ4v) is 3.49. The molecule has 5 heteroatoms. The molecule has 0 radical (unpaired) electrons. The van der Waals surface area contributed by atoms with Crippen molar-refractivity contribution in [1.29, 1.82) is 0 Å². The van der Waals surface area contributed by atoms with Crippen LogP contribution in [0.4, 0.5) is 0 Å². The van der Waals surface area contributed by atoms with Crippen molar-refractivity contribution in [3.63, 3.8) is 0 Å². The maximum Gasteiger partial charge on any atom is 0.261 e. The van der Waals surface area contributed by atoms with Crippen LogP contribution in [0.5, 0.6) is 0 Å². The maximum absolute atomic E-state index is 12.0. The van der Waals surface area contributed by atoms with Gasteiger partial charge < -0.3 is 10.6 Å². The van der Waals surface area contributed by atoms with Crippen LogP contribution in [-0.2, 0) is 4.79 Å². The fraction of sp³-hybridized carbons (Fsp3) is 0.625. The molecule has 2 amide bonds. The van der Waals surface area contributed by atoms with Gasteiger partial charge in [0.2, 0.25) is 5.91 Å². The van der Waals surface area contributed by atoms with E-state index in [1.807, 2.05) is 11.4 Å². The van der Waals surface area contributed by atoms with Crippen LogP contribution in [0.15, 0.2) is 17.5 Å². The first kappa shape index (κ1) is 16.0. The molecule has 1 aromatic rings. The lowest BCUT2D eigenvalue weighted by molar-refractivity contribution is -0.122. The Balaban J connectivity index is 1.69. The Hall–Kier alpha value is -1.36. The summed E-state index contributed by atoms with van der Waals surface area (Å²) < 4.78 is 0. The Bertz CT molecular complexity index is 473. The fourth-order valence-electron chi connectivity index (χ4n) is 2.85. The van der Waals surface area contributed by atoms with E-state index in [0.717, 1.165) is 6.42 Å². The Morgan fingerprint density at radius 2 is 2.14 bits per heavy atom. The van der Waals surface area contributed by atoms with Gasteiger partial charge in [-0.15, -0.1) is 11.3 Å². The van der Waals surface area contributed by atoms with Crippen LogP contribution in [0.1, 0.15) is 49.2 Å². The second-order valence-corrected chi connectivity index (χ2v) is 6.87. The van der Waals surface area contributed by atoms with E-state index in [1.54, 1.807) is 6.07 Å². The third-order valence-electron chi connectivity index (χ3n) is 4.44. The summed E-state index contributed by atoms with van der Waals surface area (Å²) in [5, 5.41) is 7.77. The molecule has 1 fully saturated rings. The van der Waals surface area contributed by atoms with Crippen LogP contribution in [-0.4, -0.2) is 24.4 Å². The second-order valence-electron chi connectivity index (χ2n) is 5.92. The minimum Gasteiger partial charge on any atom is -0.353 e. The van der Waals surface area contributed by atoms with Gasteiger partial charge in [-0.05, 0) is 29.7 Å². The molecule has 1 heterocycles. The molecule has 1 aliphatic carbocycles. The first-order valence-corrected chi connectivity index (χ1v) is 8.57. The molecule has 4 nitrogen and oxygen atoms in total. The van der Waals surface area contributed by atoms with Gasteiger partial charge in [-0.2, -0.15) is 0 Å². The molecule has 2 N–H and O–H groups in total. The van der Waals surface area contributed by atoms with Crippen molar-refractivity contribution in [3.8, 4) is 0 Å². The summed E-state index contributed by atoms with van der Waals surface area (Å²) in [6.45, 7) is 4.86. The third kappa shape index (κ3) is 4.56. The van der Waals surface area contributed by atoms with Gasteiger partial charge in [-0.1, -0.05) is 32.8 Å². The van der Waals surface area contributed by atoms with Crippen LogP contribution in [0.25, 0.3) is 0 Å². The molecule has 21 heavy (non-hydrogen) atoms. The number of hydrogen-bond acceptors (Lipinski definition) is 3. The molecular formula is C16H24N2O2S. The first-order valence-electron chi connectivity index (χ1n) is 7.69. The monoisotopic (exact) mass is 308 g/mol. The van der Waals surface area contributed by atoms with E-state index < -0.39 is 0 Å². The molecule has 0 spiro atoms. The largest absolute Gasteiger partial charge is 0.353 e. The highest BCUT2D eigenvalue weighted by Gasteiger charge is 2.27. The van der Waals surface area contributed by atoms with Crippen LogP contribution < -0.4 is 10.6 Å². The number of amides is 2. The predicted molar refractivity (Wildman–Crippen MR) is 85.4 cm³/mol. The molecule has 1 aromatic heterocycles. The van der Waals surface area contributed by atoms with Crippen molar-refractivity contribution in [1.82, 2.24) is 10.6 Å². The summed E-state index contributed by atoms with van der Waals surface area (Å²) in [4.78, 5) is 24.4. The first-order chi connectivity index (χ1) is 10.1. The van der Waals surface area contributed by atoms with E-state index in [2.05, 4.69) is 24.5 Å². The lowest BCUT2D eigenvalue weighted by Crippen LogP contribution is -2.44. The van der Waals surface area contributed by atoms with Crippen molar-refractivity contribution in [2.24, 2.45) is 11.8 Å². The van der Waals surface area contributed by atoms with Crippen LogP contribution in [0, 0.1) is 11.8 Å². The second kappa shape index (κ2) is 7.59. The average molecular weight is 308 g/mol. The highest BCUT2D eigenvalue weighted by atomic mass is 32.1. The zero-order valence-corrected chi connectivity index (χ0v) is 13.5. The van der Waals surface area contributed by atoms with E-state index in [-0.39, 0.29) is 17.9 Å². The lowest BCUT2D eigenvalue weighted by Gasteiger charge is -2.34. The zero-order chi connectivity index (χ0) is 15.2. The topological polar surface area (TPSA) is 58.2 Å². The van der Waals surface area contributed by atoms with E-state index in [0.29, 0.717) is 29.7 Å². The number of thiophene rings is 1. The van der Waals surface area contributed by atoms with Gasteiger partial charge in [-0.25, -0.2) is 0 Å². The zero-order valence-electron chi connectivity index (χ0n) is 12.7. The molecule has 1 aliphatic rings. The molecule has 0 aromatic carbocycles. The van der Waals surface area contributed by atoms with E-state index in [4.69, 9.17) is 0 Å². The van der Waals surface area contributed by atoms with Gasteiger partial charge in [0.25, 0.3) is 5.91 Å². The van der Waals surface area contributed by atoms with Crippen LogP contribution in [0.2, 0.25) is 0 Å². The molecule has 0 saturated heterocycles. The van der Waals surface area contributed by atoms with Crippen LogP contribution >= 0.6 is 11.3 Å². The highest BCUT2D eigenvalue weighted by Crippen LogP contribution is 2.29. The Morgan fingerprint density at radius 3 is 2.86 bits per heavy atom. The van der Waals surface area contributed by atoms with E-state index >= 15 is 0 Å². The third-order valence-corrected chi connectivity index (χ3v) is 5.30. The van der Waals surface area contributed by atoms with E-state index in [1.165, 1.54) is 24.2 Å². The number of carbonyl (C=O) groups excluding carboxylic acids is 2. The smallest absolute Gasteiger partial charge is 0.261 e. The van der Waals surface area contributed by atoms with Crippen molar-refractivity contribution in [2.75, 3.05) is 6.54 Å². The van der Waals surface area contributed by atoms with Gasteiger partial charge in [0.05, 0.1) is 4.88 Å². The Kier molecular flexibility index (Phi) is 5.79. The molecule has 2 rings (SSSR count). The van der Waals surface area contributed by atoms with Gasteiger partial charge in [-0.3, -0.25) is 9.59 Å². The maximum atomic E-state index is 12.0. The molecule has 0 bridgehead atoms. The predicted octanol–water partition coefficient (Wildman–Crippen LogP) is 2.81. The molecule has 116 valence electrons.